The summed E-state index contributed by atoms with van der Waals surface area (Å²) in [7, 11) is 1.57. The van der Waals surface area contributed by atoms with E-state index < -0.39 is 0 Å². The highest BCUT2D eigenvalue weighted by Crippen LogP contribution is 2.17. The Labute approximate surface area is 100 Å². The van der Waals surface area contributed by atoms with Crippen LogP contribution in [0.2, 0.25) is 0 Å². The zero-order valence-electron chi connectivity index (χ0n) is 9.86. The fourth-order valence-electron chi connectivity index (χ4n) is 1.43. The Morgan fingerprint density at radius 2 is 2.18 bits per heavy atom. The number of amides is 1. The van der Waals surface area contributed by atoms with Crippen LogP contribution in [0.4, 0.5) is 5.82 Å². The van der Waals surface area contributed by atoms with Crippen molar-refractivity contribution in [3.05, 3.63) is 17.8 Å². The van der Waals surface area contributed by atoms with Crippen LogP contribution in [0.15, 0.2) is 12.1 Å². The molecule has 0 radical (unpaired) electrons. The third-order valence-corrected chi connectivity index (χ3v) is 2.57. The number of aromatic nitrogens is 2. The van der Waals surface area contributed by atoms with Gasteiger partial charge in [0.25, 0.3) is 5.91 Å². The summed E-state index contributed by atoms with van der Waals surface area (Å²) in [6.45, 7) is 1.73. The molecule has 0 bridgehead atoms. The van der Waals surface area contributed by atoms with Crippen molar-refractivity contribution in [3.8, 4) is 0 Å². The lowest BCUT2D eigenvalue weighted by atomic mass is 10.3. The van der Waals surface area contributed by atoms with Gasteiger partial charge < -0.3 is 16.0 Å². The fourth-order valence-corrected chi connectivity index (χ4v) is 1.43. The first-order valence-corrected chi connectivity index (χ1v) is 5.82. The number of hydrogen-bond donors (Lipinski definition) is 3. The number of nitrogens with zero attached hydrogens (tertiary/aromatic N) is 2. The van der Waals surface area contributed by atoms with Gasteiger partial charge in [0.05, 0.1) is 0 Å². The lowest BCUT2D eigenvalue weighted by Gasteiger charge is -2.06. The summed E-state index contributed by atoms with van der Waals surface area (Å²) in [6.07, 6.45) is 2.58. The molecular weight excluding hydrogens is 218 g/mol. The number of nitrogens with one attached hydrogen (secondary N) is 3. The summed E-state index contributed by atoms with van der Waals surface area (Å²) in [6, 6.07) is 4.13. The quantitative estimate of drug-likeness (QED) is 0.605. The Morgan fingerprint density at radius 1 is 1.35 bits per heavy atom. The Bertz CT molecular complexity index is 374. The zero-order chi connectivity index (χ0) is 12.1. The van der Waals surface area contributed by atoms with Crippen LogP contribution in [0.3, 0.4) is 0 Å². The molecule has 6 heteroatoms. The van der Waals surface area contributed by atoms with Crippen LogP contribution in [0.25, 0.3) is 0 Å². The molecule has 3 N–H and O–H groups in total. The van der Waals surface area contributed by atoms with Crippen molar-refractivity contribution in [2.24, 2.45) is 0 Å². The number of rotatable bonds is 6. The van der Waals surface area contributed by atoms with E-state index in [-0.39, 0.29) is 5.91 Å². The highest BCUT2D eigenvalue weighted by molar-refractivity contribution is 5.91. The van der Waals surface area contributed by atoms with E-state index in [2.05, 4.69) is 26.1 Å². The maximum Gasteiger partial charge on any atom is 0.271 e. The lowest BCUT2D eigenvalue weighted by Crippen LogP contribution is -2.24. The molecule has 1 aromatic heterocycles. The van der Waals surface area contributed by atoms with Gasteiger partial charge in [-0.3, -0.25) is 4.79 Å². The molecule has 0 unspecified atom stereocenters. The zero-order valence-corrected chi connectivity index (χ0v) is 9.86. The number of carbonyl (C=O) groups is 1. The minimum Gasteiger partial charge on any atom is -0.367 e. The van der Waals surface area contributed by atoms with Gasteiger partial charge in [-0.05, 0) is 25.0 Å². The molecule has 92 valence electrons. The normalized spacial score (nSPS) is 14.4. The van der Waals surface area contributed by atoms with Gasteiger partial charge in [-0.25, -0.2) is 0 Å². The van der Waals surface area contributed by atoms with Crippen LogP contribution in [0.5, 0.6) is 0 Å². The Morgan fingerprint density at radius 3 is 2.76 bits per heavy atom. The third kappa shape index (κ3) is 3.67. The molecule has 1 fully saturated rings. The summed E-state index contributed by atoms with van der Waals surface area (Å²) in [5.41, 5.74) is 0.328. The average molecular weight is 235 g/mol. The molecule has 6 nitrogen and oxygen atoms in total. The van der Waals surface area contributed by atoms with E-state index in [1.807, 2.05) is 0 Å². The van der Waals surface area contributed by atoms with E-state index in [0.717, 1.165) is 19.1 Å². The Kier molecular flexibility index (Phi) is 3.87. The molecule has 1 aliphatic carbocycles. The summed E-state index contributed by atoms with van der Waals surface area (Å²) >= 11 is 0. The van der Waals surface area contributed by atoms with Crippen LogP contribution in [-0.2, 0) is 0 Å². The van der Waals surface area contributed by atoms with Crippen molar-refractivity contribution >= 4 is 11.7 Å². The maximum atomic E-state index is 11.2. The van der Waals surface area contributed by atoms with Crippen LogP contribution < -0.4 is 16.0 Å². The van der Waals surface area contributed by atoms with E-state index in [4.69, 9.17) is 0 Å². The first-order valence-electron chi connectivity index (χ1n) is 5.82. The van der Waals surface area contributed by atoms with Crippen molar-refractivity contribution in [2.75, 3.05) is 25.5 Å². The number of hydrogen-bond acceptors (Lipinski definition) is 5. The third-order valence-electron chi connectivity index (χ3n) is 2.57. The van der Waals surface area contributed by atoms with Crippen LogP contribution >= 0.6 is 0 Å². The summed E-state index contributed by atoms with van der Waals surface area (Å²) in [5, 5.41) is 16.8. The molecule has 1 aliphatic rings. The first-order chi connectivity index (χ1) is 8.29. The van der Waals surface area contributed by atoms with Crippen LogP contribution in [0.1, 0.15) is 23.3 Å². The second-order valence-electron chi connectivity index (χ2n) is 4.04. The number of carbonyl (C=O) groups excluding carboxylic acids is 1. The van der Waals surface area contributed by atoms with Crippen molar-refractivity contribution in [1.29, 1.82) is 0 Å². The molecular formula is C11H17N5O. The van der Waals surface area contributed by atoms with E-state index in [0.29, 0.717) is 11.5 Å². The van der Waals surface area contributed by atoms with Crippen LogP contribution in [-0.4, -0.2) is 42.3 Å². The summed E-state index contributed by atoms with van der Waals surface area (Å²) in [4.78, 5) is 11.2. The number of anilines is 1. The van der Waals surface area contributed by atoms with Crippen LogP contribution in [0, 0.1) is 0 Å². The molecule has 0 aliphatic heterocycles. The SMILES string of the molecule is CNC(=O)c1ccc(NCCNC2CC2)nn1. The van der Waals surface area contributed by atoms with Gasteiger partial charge in [0, 0.05) is 26.2 Å². The predicted molar refractivity (Wildman–Crippen MR) is 64.9 cm³/mol. The van der Waals surface area contributed by atoms with E-state index in [1.54, 1.807) is 19.2 Å². The van der Waals surface area contributed by atoms with E-state index >= 15 is 0 Å². The fraction of sp³-hybridized carbons (Fsp3) is 0.545. The molecule has 17 heavy (non-hydrogen) atoms. The summed E-state index contributed by atoms with van der Waals surface area (Å²) in [5.74, 6) is 0.467. The molecule has 1 amide bonds. The van der Waals surface area contributed by atoms with Gasteiger partial charge in [-0.15, -0.1) is 10.2 Å². The Balaban J connectivity index is 1.74. The first kappa shape index (κ1) is 11.8. The Hall–Kier alpha value is -1.69. The predicted octanol–water partition coefficient (Wildman–Crippen LogP) is 0.0001000. The van der Waals surface area contributed by atoms with Gasteiger partial charge >= 0.3 is 0 Å². The lowest BCUT2D eigenvalue weighted by molar-refractivity contribution is 0.0957. The van der Waals surface area contributed by atoms with Gasteiger partial charge in [-0.1, -0.05) is 0 Å². The van der Waals surface area contributed by atoms with Gasteiger partial charge in [0.15, 0.2) is 5.69 Å². The highest BCUT2D eigenvalue weighted by Gasteiger charge is 2.19. The van der Waals surface area contributed by atoms with Crippen molar-refractivity contribution in [1.82, 2.24) is 20.8 Å². The second-order valence-corrected chi connectivity index (χ2v) is 4.04. The topological polar surface area (TPSA) is 78.9 Å². The monoisotopic (exact) mass is 235 g/mol. The van der Waals surface area contributed by atoms with Gasteiger partial charge in [0.2, 0.25) is 0 Å². The molecule has 0 aromatic carbocycles. The second kappa shape index (κ2) is 5.58. The molecule has 0 saturated heterocycles. The highest BCUT2D eigenvalue weighted by atomic mass is 16.1. The smallest absolute Gasteiger partial charge is 0.271 e. The molecule has 1 aromatic rings. The molecule has 2 rings (SSSR count). The van der Waals surface area contributed by atoms with Crippen molar-refractivity contribution in [2.45, 2.75) is 18.9 Å². The molecule has 1 saturated carbocycles. The average Bonchev–Trinajstić information content (AvgIpc) is 3.18. The van der Waals surface area contributed by atoms with Gasteiger partial charge in [-0.2, -0.15) is 0 Å². The van der Waals surface area contributed by atoms with E-state index in [1.165, 1.54) is 12.8 Å². The van der Waals surface area contributed by atoms with E-state index in [9.17, 15) is 4.79 Å². The minimum absolute atomic E-state index is 0.223. The standard InChI is InChI=1S/C11H17N5O/c1-12-11(17)9-4-5-10(16-15-9)14-7-6-13-8-2-3-8/h4-5,8,13H,2-3,6-7H2,1H3,(H,12,17)(H,14,16). The van der Waals surface area contributed by atoms with Crippen molar-refractivity contribution in [3.63, 3.8) is 0 Å². The minimum atomic E-state index is -0.223. The molecule has 0 atom stereocenters. The van der Waals surface area contributed by atoms with Crippen molar-refractivity contribution < 1.29 is 4.79 Å². The molecule has 0 spiro atoms. The largest absolute Gasteiger partial charge is 0.367 e. The van der Waals surface area contributed by atoms with Gasteiger partial charge in [0.1, 0.15) is 5.82 Å². The molecule has 1 heterocycles. The maximum absolute atomic E-state index is 11.2. The summed E-state index contributed by atoms with van der Waals surface area (Å²) < 4.78 is 0.